The zero-order valence-corrected chi connectivity index (χ0v) is 17.3. The van der Waals surface area contributed by atoms with Crippen molar-refractivity contribution in [1.29, 1.82) is 0 Å². The molecule has 0 unspecified atom stereocenters. The summed E-state index contributed by atoms with van der Waals surface area (Å²) in [5.41, 5.74) is 3.68. The van der Waals surface area contributed by atoms with Gasteiger partial charge in [-0.15, -0.1) is 0 Å². The number of fused-ring (bicyclic) bond motifs is 1. The van der Waals surface area contributed by atoms with E-state index >= 15 is 0 Å². The SMILES string of the molecule is CCS(=O)(=O)c1ccc(OCC2CC2)c(-c2cn(C)c(=O)c3c2CCCC3)c1. The molecule has 28 heavy (non-hydrogen) atoms. The molecule has 1 aromatic heterocycles. The molecule has 0 saturated heterocycles. The number of nitrogens with zero attached hydrogens (tertiary/aromatic N) is 1. The molecule has 6 heteroatoms. The van der Waals surface area contributed by atoms with Crippen molar-refractivity contribution in [1.82, 2.24) is 4.57 Å². The average Bonchev–Trinajstić information content (AvgIpc) is 3.53. The van der Waals surface area contributed by atoms with E-state index in [1.165, 1.54) is 12.8 Å². The van der Waals surface area contributed by atoms with Crippen molar-refractivity contribution < 1.29 is 13.2 Å². The molecular formula is C22H27NO4S. The maximum absolute atomic E-state index is 12.6. The summed E-state index contributed by atoms with van der Waals surface area (Å²) < 4.78 is 32.7. The molecular weight excluding hydrogens is 374 g/mol. The van der Waals surface area contributed by atoms with E-state index in [4.69, 9.17) is 4.74 Å². The Morgan fingerprint density at radius 3 is 2.50 bits per heavy atom. The van der Waals surface area contributed by atoms with Crippen LogP contribution in [0.3, 0.4) is 0 Å². The van der Waals surface area contributed by atoms with Gasteiger partial charge in [0.2, 0.25) is 0 Å². The molecule has 2 aliphatic rings. The second-order valence-corrected chi connectivity index (χ2v) is 10.2. The van der Waals surface area contributed by atoms with E-state index in [9.17, 15) is 13.2 Å². The van der Waals surface area contributed by atoms with Gasteiger partial charge in [0.15, 0.2) is 9.84 Å². The van der Waals surface area contributed by atoms with Crippen LogP contribution in [-0.4, -0.2) is 25.3 Å². The third-order valence-corrected chi connectivity index (χ3v) is 7.58. The molecule has 0 atom stereocenters. The van der Waals surface area contributed by atoms with Crippen LogP contribution < -0.4 is 10.3 Å². The summed E-state index contributed by atoms with van der Waals surface area (Å²) in [4.78, 5) is 12.9. The minimum atomic E-state index is -3.33. The fourth-order valence-electron chi connectivity index (χ4n) is 3.91. The number of rotatable bonds is 6. The molecule has 0 radical (unpaired) electrons. The smallest absolute Gasteiger partial charge is 0.253 e. The van der Waals surface area contributed by atoms with E-state index in [1.54, 1.807) is 36.7 Å². The average molecular weight is 402 g/mol. The number of hydrogen-bond donors (Lipinski definition) is 0. The first kappa shape index (κ1) is 19.2. The summed E-state index contributed by atoms with van der Waals surface area (Å²) in [7, 11) is -1.57. The molecule has 1 fully saturated rings. The van der Waals surface area contributed by atoms with Crippen LogP contribution in [0.25, 0.3) is 11.1 Å². The highest BCUT2D eigenvalue weighted by molar-refractivity contribution is 7.91. The van der Waals surface area contributed by atoms with Crippen LogP contribution in [0.5, 0.6) is 5.75 Å². The van der Waals surface area contributed by atoms with Crippen LogP contribution in [0, 0.1) is 5.92 Å². The second kappa shape index (κ2) is 7.39. The van der Waals surface area contributed by atoms with Crippen molar-refractivity contribution in [3.63, 3.8) is 0 Å². The van der Waals surface area contributed by atoms with Crippen LogP contribution in [0.2, 0.25) is 0 Å². The zero-order chi connectivity index (χ0) is 19.9. The minimum absolute atomic E-state index is 0.0521. The van der Waals surface area contributed by atoms with Gasteiger partial charge in [0, 0.05) is 29.9 Å². The van der Waals surface area contributed by atoms with Crippen molar-refractivity contribution in [2.75, 3.05) is 12.4 Å². The highest BCUT2D eigenvalue weighted by Gasteiger charge is 2.25. The van der Waals surface area contributed by atoms with E-state index in [1.807, 2.05) is 6.20 Å². The molecule has 1 heterocycles. The highest BCUT2D eigenvalue weighted by Crippen LogP contribution is 2.38. The first-order valence-electron chi connectivity index (χ1n) is 10.1. The van der Waals surface area contributed by atoms with Gasteiger partial charge in [0.1, 0.15) is 5.75 Å². The molecule has 150 valence electrons. The van der Waals surface area contributed by atoms with Crippen LogP contribution in [0.4, 0.5) is 0 Å². The number of benzene rings is 1. The Kier molecular flexibility index (Phi) is 5.08. The van der Waals surface area contributed by atoms with Crippen LogP contribution in [0.1, 0.15) is 43.7 Å². The van der Waals surface area contributed by atoms with Crippen molar-refractivity contribution in [2.24, 2.45) is 13.0 Å². The first-order valence-corrected chi connectivity index (χ1v) is 11.8. The molecule has 0 amide bonds. The largest absolute Gasteiger partial charge is 0.493 e. The second-order valence-electron chi connectivity index (χ2n) is 7.94. The summed E-state index contributed by atoms with van der Waals surface area (Å²) >= 11 is 0. The summed E-state index contributed by atoms with van der Waals surface area (Å²) in [5.74, 6) is 1.36. The van der Waals surface area contributed by atoms with Crippen molar-refractivity contribution in [2.45, 2.75) is 50.3 Å². The number of aryl methyl sites for hydroxylation is 1. The lowest BCUT2D eigenvalue weighted by atomic mass is 9.87. The van der Waals surface area contributed by atoms with Crippen LogP contribution in [-0.2, 0) is 29.7 Å². The Morgan fingerprint density at radius 1 is 1.11 bits per heavy atom. The topological polar surface area (TPSA) is 65.4 Å². The summed E-state index contributed by atoms with van der Waals surface area (Å²) in [6.45, 7) is 2.31. The Morgan fingerprint density at radius 2 is 1.82 bits per heavy atom. The van der Waals surface area contributed by atoms with Gasteiger partial charge in [-0.1, -0.05) is 6.92 Å². The van der Waals surface area contributed by atoms with E-state index < -0.39 is 9.84 Å². The predicted molar refractivity (Wildman–Crippen MR) is 110 cm³/mol. The lowest BCUT2D eigenvalue weighted by Gasteiger charge is -2.22. The molecule has 1 aromatic carbocycles. The minimum Gasteiger partial charge on any atom is -0.493 e. The van der Waals surface area contributed by atoms with Crippen LogP contribution in [0.15, 0.2) is 34.1 Å². The quantitative estimate of drug-likeness (QED) is 0.743. The standard InChI is InChI=1S/C22H27NO4S/c1-3-28(25,26)16-10-11-21(27-14-15-8-9-15)19(12-16)20-13-23(2)22(24)18-7-5-4-6-17(18)20/h10-13,15H,3-9,14H2,1-2H3. The third kappa shape index (κ3) is 3.62. The van der Waals surface area contributed by atoms with Gasteiger partial charge in [-0.2, -0.15) is 0 Å². The number of hydrogen-bond acceptors (Lipinski definition) is 4. The number of ether oxygens (including phenoxy) is 1. The van der Waals surface area contributed by atoms with Crippen molar-refractivity contribution in [3.8, 4) is 16.9 Å². The monoisotopic (exact) mass is 401 g/mol. The Labute approximate surface area is 166 Å². The highest BCUT2D eigenvalue weighted by atomic mass is 32.2. The maximum Gasteiger partial charge on any atom is 0.253 e. The fraction of sp³-hybridized carbons (Fsp3) is 0.500. The summed E-state index contributed by atoms with van der Waals surface area (Å²) in [6.07, 6.45) is 7.89. The summed E-state index contributed by atoms with van der Waals surface area (Å²) in [5, 5.41) is 0. The zero-order valence-electron chi connectivity index (χ0n) is 16.5. The molecule has 2 aliphatic carbocycles. The van der Waals surface area contributed by atoms with Gasteiger partial charge in [-0.25, -0.2) is 8.42 Å². The lowest BCUT2D eigenvalue weighted by Crippen LogP contribution is -2.25. The number of sulfone groups is 1. The Bertz CT molecular complexity index is 1060. The van der Waals surface area contributed by atoms with Crippen molar-refractivity contribution >= 4 is 9.84 Å². The lowest BCUT2D eigenvalue weighted by molar-refractivity contribution is 0.301. The number of aromatic nitrogens is 1. The van der Waals surface area contributed by atoms with Gasteiger partial charge < -0.3 is 9.30 Å². The Hall–Kier alpha value is -2.08. The molecule has 0 bridgehead atoms. The van der Waals surface area contributed by atoms with E-state index in [0.717, 1.165) is 47.9 Å². The van der Waals surface area contributed by atoms with Crippen LogP contribution >= 0.6 is 0 Å². The van der Waals surface area contributed by atoms with E-state index in [2.05, 4.69) is 0 Å². The van der Waals surface area contributed by atoms with E-state index in [0.29, 0.717) is 23.2 Å². The molecule has 4 rings (SSSR count). The normalized spacial score (nSPS) is 16.6. The van der Waals surface area contributed by atoms with Crippen molar-refractivity contribution in [3.05, 3.63) is 45.9 Å². The molecule has 1 saturated carbocycles. The Balaban J connectivity index is 1.90. The molecule has 0 aliphatic heterocycles. The van der Waals surface area contributed by atoms with Gasteiger partial charge in [-0.05, 0) is 68.2 Å². The predicted octanol–water partition coefficient (Wildman–Crippen LogP) is 3.51. The molecule has 0 spiro atoms. The van der Waals surface area contributed by atoms with Gasteiger partial charge in [0.25, 0.3) is 5.56 Å². The third-order valence-electron chi connectivity index (χ3n) is 5.85. The molecule has 5 nitrogen and oxygen atoms in total. The van der Waals surface area contributed by atoms with Gasteiger partial charge in [0.05, 0.1) is 17.3 Å². The number of pyridine rings is 1. The maximum atomic E-state index is 12.6. The fourth-order valence-corrected chi connectivity index (χ4v) is 4.82. The molecule has 0 N–H and O–H groups in total. The first-order chi connectivity index (χ1) is 13.4. The summed E-state index contributed by atoms with van der Waals surface area (Å²) in [6, 6.07) is 5.15. The van der Waals surface area contributed by atoms with E-state index in [-0.39, 0.29) is 11.3 Å². The van der Waals surface area contributed by atoms with Gasteiger partial charge in [-0.3, -0.25) is 4.79 Å². The molecule has 2 aromatic rings. The van der Waals surface area contributed by atoms with Gasteiger partial charge >= 0.3 is 0 Å².